The number of nitrogens with zero attached hydrogens (tertiary/aromatic N) is 2. The molecule has 1 aliphatic heterocycles. The van der Waals surface area contributed by atoms with Crippen molar-refractivity contribution in [3.8, 4) is 6.07 Å². The van der Waals surface area contributed by atoms with Gasteiger partial charge < -0.3 is 10.2 Å². The molecule has 1 N–H and O–H groups in total. The molecule has 0 bridgehead atoms. The summed E-state index contributed by atoms with van der Waals surface area (Å²) in [6.07, 6.45) is 1.27. The molecular weight excluding hydrogens is 138 g/mol. The molecule has 62 valence electrons. The highest BCUT2D eigenvalue weighted by atomic mass is 15.1. The van der Waals surface area contributed by atoms with Crippen LogP contribution in [0.1, 0.15) is 6.42 Å². The lowest BCUT2D eigenvalue weighted by molar-refractivity contribution is 0.390. The molecule has 1 unspecified atom stereocenters. The predicted octanol–water partition coefficient (Wildman–Crippen LogP) is 0.0513. The molecule has 3 nitrogen and oxygen atoms in total. The van der Waals surface area contributed by atoms with Gasteiger partial charge in [0.15, 0.2) is 0 Å². The Morgan fingerprint density at radius 1 is 1.73 bits per heavy atom. The van der Waals surface area contributed by atoms with Crippen molar-refractivity contribution in [3.63, 3.8) is 0 Å². The standard InChI is InChI=1S/C8H15N3/c1-11-5-2-8(7-11)6-10-4-3-9/h8,10H,2,4-7H2,1H3. The van der Waals surface area contributed by atoms with Gasteiger partial charge in [-0.25, -0.2) is 0 Å². The van der Waals surface area contributed by atoms with Gasteiger partial charge in [0.2, 0.25) is 0 Å². The summed E-state index contributed by atoms with van der Waals surface area (Å²) in [5.41, 5.74) is 0. The Bertz CT molecular complexity index is 150. The highest BCUT2D eigenvalue weighted by molar-refractivity contribution is 4.78. The first-order valence-corrected chi connectivity index (χ1v) is 4.09. The minimum atomic E-state index is 0.486. The number of nitriles is 1. The van der Waals surface area contributed by atoms with Crippen LogP contribution in [0.25, 0.3) is 0 Å². The molecule has 1 rings (SSSR count). The van der Waals surface area contributed by atoms with Crippen LogP contribution in [0.2, 0.25) is 0 Å². The van der Waals surface area contributed by atoms with Gasteiger partial charge in [-0.2, -0.15) is 5.26 Å². The van der Waals surface area contributed by atoms with Crippen LogP contribution in [-0.4, -0.2) is 38.1 Å². The van der Waals surface area contributed by atoms with E-state index in [9.17, 15) is 0 Å². The van der Waals surface area contributed by atoms with Crippen LogP contribution in [0.3, 0.4) is 0 Å². The Morgan fingerprint density at radius 3 is 3.09 bits per heavy atom. The molecular formula is C8H15N3. The van der Waals surface area contributed by atoms with Gasteiger partial charge in [-0.3, -0.25) is 0 Å². The number of hydrogen-bond acceptors (Lipinski definition) is 3. The summed E-state index contributed by atoms with van der Waals surface area (Å²) in [6, 6.07) is 2.08. The van der Waals surface area contributed by atoms with Gasteiger partial charge in [-0.05, 0) is 25.9 Å². The molecule has 0 aromatic rings. The molecule has 1 aliphatic rings. The molecule has 0 aliphatic carbocycles. The second kappa shape index (κ2) is 4.32. The van der Waals surface area contributed by atoms with E-state index in [4.69, 9.17) is 5.26 Å². The van der Waals surface area contributed by atoms with Crippen LogP contribution < -0.4 is 5.32 Å². The van der Waals surface area contributed by atoms with Gasteiger partial charge in [0.05, 0.1) is 12.6 Å². The minimum absolute atomic E-state index is 0.486. The normalized spacial score (nSPS) is 25.3. The molecule has 0 amide bonds. The maximum Gasteiger partial charge on any atom is 0.0841 e. The molecule has 3 heteroatoms. The molecule has 0 radical (unpaired) electrons. The van der Waals surface area contributed by atoms with E-state index in [1.165, 1.54) is 19.5 Å². The smallest absolute Gasteiger partial charge is 0.0841 e. The van der Waals surface area contributed by atoms with Crippen molar-refractivity contribution in [3.05, 3.63) is 0 Å². The van der Waals surface area contributed by atoms with Crippen molar-refractivity contribution >= 4 is 0 Å². The molecule has 1 fully saturated rings. The Balaban J connectivity index is 2.05. The summed E-state index contributed by atoms with van der Waals surface area (Å²) >= 11 is 0. The van der Waals surface area contributed by atoms with E-state index in [2.05, 4.69) is 23.3 Å². The Kier molecular flexibility index (Phi) is 3.34. The van der Waals surface area contributed by atoms with Crippen LogP contribution in [0, 0.1) is 17.2 Å². The van der Waals surface area contributed by atoms with Crippen LogP contribution in [-0.2, 0) is 0 Å². The fourth-order valence-electron chi connectivity index (χ4n) is 1.53. The maximum absolute atomic E-state index is 8.27. The van der Waals surface area contributed by atoms with Crippen molar-refractivity contribution in [1.29, 1.82) is 5.26 Å². The quantitative estimate of drug-likeness (QED) is 0.460. The van der Waals surface area contributed by atoms with E-state index in [1.807, 2.05) is 0 Å². The van der Waals surface area contributed by atoms with Crippen molar-refractivity contribution in [2.24, 2.45) is 5.92 Å². The molecule has 1 atom stereocenters. The van der Waals surface area contributed by atoms with Gasteiger partial charge in [0.25, 0.3) is 0 Å². The fraction of sp³-hybridized carbons (Fsp3) is 0.875. The average Bonchev–Trinajstić information content (AvgIpc) is 2.37. The molecule has 0 aromatic heterocycles. The summed E-state index contributed by atoms with van der Waals surface area (Å²) in [7, 11) is 2.14. The van der Waals surface area contributed by atoms with E-state index in [1.54, 1.807) is 0 Å². The molecule has 1 heterocycles. The molecule has 0 aromatic carbocycles. The predicted molar refractivity (Wildman–Crippen MR) is 44.1 cm³/mol. The second-order valence-electron chi connectivity index (χ2n) is 3.21. The summed E-state index contributed by atoms with van der Waals surface area (Å²) in [6.45, 7) is 3.87. The first-order chi connectivity index (χ1) is 5.33. The molecule has 1 saturated heterocycles. The number of likely N-dealkylation sites (tertiary alicyclic amines) is 1. The SMILES string of the molecule is CN1CCC(CNCC#N)C1. The third kappa shape index (κ3) is 2.87. The number of hydrogen-bond donors (Lipinski definition) is 1. The number of rotatable bonds is 3. The average molecular weight is 153 g/mol. The van der Waals surface area contributed by atoms with Gasteiger partial charge in [0.1, 0.15) is 0 Å². The van der Waals surface area contributed by atoms with Crippen LogP contribution in [0.15, 0.2) is 0 Å². The van der Waals surface area contributed by atoms with Crippen LogP contribution >= 0.6 is 0 Å². The maximum atomic E-state index is 8.27. The summed E-state index contributed by atoms with van der Waals surface area (Å²) in [5.74, 6) is 0.758. The van der Waals surface area contributed by atoms with E-state index in [-0.39, 0.29) is 0 Å². The third-order valence-corrected chi connectivity index (χ3v) is 2.13. The second-order valence-corrected chi connectivity index (χ2v) is 3.21. The zero-order valence-corrected chi connectivity index (χ0v) is 7.01. The monoisotopic (exact) mass is 153 g/mol. The van der Waals surface area contributed by atoms with Crippen molar-refractivity contribution in [2.45, 2.75) is 6.42 Å². The van der Waals surface area contributed by atoms with Crippen molar-refractivity contribution < 1.29 is 0 Å². The first-order valence-electron chi connectivity index (χ1n) is 4.09. The fourth-order valence-corrected chi connectivity index (χ4v) is 1.53. The Morgan fingerprint density at radius 2 is 2.55 bits per heavy atom. The lowest BCUT2D eigenvalue weighted by Gasteiger charge is -2.09. The van der Waals surface area contributed by atoms with Crippen molar-refractivity contribution in [1.82, 2.24) is 10.2 Å². The van der Waals surface area contributed by atoms with Crippen LogP contribution in [0.5, 0.6) is 0 Å². The van der Waals surface area contributed by atoms with Gasteiger partial charge >= 0.3 is 0 Å². The zero-order chi connectivity index (χ0) is 8.10. The van der Waals surface area contributed by atoms with E-state index < -0.39 is 0 Å². The highest BCUT2D eigenvalue weighted by Gasteiger charge is 2.18. The van der Waals surface area contributed by atoms with Gasteiger partial charge in [-0.15, -0.1) is 0 Å². The van der Waals surface area contributed by atoms with Gasteiger partial charge in [0, 0.05) is 13.1 Å². The summed E-state index contributed by atoms with van der Waals surface area (Å²) < 4.78 is 0. The van der Waals surface area contributed by atoms with Crippen molar-refractivity contribution in [2.75, 3.05) is 33.2 Å². The third-order valence-electron chi connectivity index (χ3n) is 2.13. The van der Waals surface area contributed by atoms with Gasteiger partial charge in [-0.1, -0.05) is 0 Å². The Hall–Kier alpha value is -0.590. The first kappa shape index (κ1) is 8.51. The zero-order valence-electron chi connectivity index (χ0n) is 7.01. The van der Waals surface area contributed by atoms with Crippen LogP contribution in [0.4, 0.5) is 0 Å². The Labute approximate surface area is 68.0 Å². The van der Waals surface area contributed by atoms with E-state index in [0.717, 1.165) is 12.5 Å². The summed E-state index contributed by atoms with van der Waals surface area (Å²) in [5, 5.41) is 11.4. The van der Waals surface area contributed by atoms with E-state index >= 15 is 0 Å². The lowest BCUT2D eigenvalue weighted by atomic mass is 10.1. The topological polar surface area (TPSA) is 39.1 Å². The molecule has 0 spiro atoms. The lowest BCUT2D eigenvalue weighted by Crippen LogP contribution is -2.25. The number of nitrogens with one attached hydrogen (secondary N) is 1. The van der Waals surface area contributed by atoms with E-state index in [0.29, 0.717) is 6.54 Å². The summed E-state index contributed by atoms with van der Waals surface area (Å²) in [4.78, 5) is 2.33. The largest absolute Gasteiger partial charge is 0.306 e. The molecule has 0 saturated carbocycles. The molecule has 11 heavy (non-hydrogen) atoms. The highest BCUT2D eigenvalue weighted by Crippen LogP contribution is 2.12. The minimum Gasteiger partial charge on any atom is -0.306 e.